The lowest BCUT2D eigenvalue weighted by Gasteiger charge is -2.25. The fourth-order valence-corrected chi connectivity index (χ4v) is 1.07. The van der Waals surface area contributed by atoms with Gasteiger partial charge in [0.25, 0.3) is 0 Å². The molecule has 0 aliphatic rings. The minimum atomic E-state index is -0.875. The summed E-state index contributed by atoms with van der Waals surface area (Å²) >= 11 is 0. The molecular formula is C12H28O4. The lowest BCUT2D eigenvalue weighted by Crippen LogP contribution is -2.28. The molecule has 3 atom stereocenters. The normalized spacial score (nSPS) is 17.1. The maximum atomic E-state index is 9.42. The van der Waals surface area contributed by atoms with Crippen molar-refractivity contribution in [1.29, 1.82) is 0 Å². The van der Waals surface area contributed by atoms with Crippen LogP contribution in [-0.4, -0.2) is 33.5 Å². The zero-order valence-electron chi connectivity index (χ0n) is 11.4. The molecule has 4 nitrogen and oxygen atoms in total. The second-order valence-corrected chi connectivity index (χ2v) is 4.68. The van der Waals surface area contributed by atoms with Gasteiger partial charge in [-0.05, 0) is 40.0 Å². The molecule has 0 aliphatic carbocycles. The Morgan fingerprint density at radius 1 is 1.06 bits per heavy atom. The number of rotatable bonds is 5. The molecule has 0 aromatic heterocycles. The Morgan fingerprint density at radius 2 is 1.44 bits per heavy atom. The van der Waals surface area contributed by atoms with Gasteiger partial charge in [-0.3, -0.25) is 0 Å². The molecule has 0 saturated carbocycles. The highest BCUT2D eigenvalue weighted by Crippen LogP contribution is 2.19. The van der Waals surface area contributed by atoms with Crippen LogP contribution in [0.15, 0.2) is 0 Å². The van der Waals surface area contributed by atoms with Gasteiger partial charge in [0.2, 0.25) is 0 Å². The van der Waals surface area contributed by atoms with Crippen molar-refractivity contribution in [1.82, 2.24) is 0 Å². The van der Waals surface area contributed by atoms with Gasteiger partial charge in [0.05, 0.1) is 5.60 Å². The largest absolute Gasteiger partial charge is 0.390 e. The number of hydrogen-bond donors (Lipinski definition) is 3. The van der Waals surface area contributed by atoms with Crippen molar-refractivity contribution in [3.63, 3.8) is 0 Å². The first-order valence-corrected chi connectivity index (χ1v) is 5.85. The van der Waals surface area contributed by atoms with Gasteiger partial charge in [-0.2, -0.15) is 0 Å². The number of ether oxygens (including phenoxy) is 1. The van der Waals surface area contributed by atoms with Crippen molar-refractivity contribution in [2.45, 2.75) is 72.6 Å². The third-order valence-electron chi connectivity index (χ3n) is 2.32. The molecule has 0 aromatic carbocycles. The average molecular weight is 236 g/mol. The van der Waals surface area contributed by atoms with E-state index in [0.717, 1.165) is 12.8 Å². The topological polar surface area (TPSA) is 69.9 Å². The van der Waals surface area contributed by atoms with E-state index < -0.39 is 18.2 Å². The first-order valence-electron chi connectivity index (χ1n) is 5.85. The number of aliphatic hydroxyl groups excluding tert-OH is 2. The van der Waals surface area contributed by atoms with E-state index in [1.165, 1.54) is 13.8 Å². The van der Waals surface area contributed by atoms with Crippen molar-refractivity contribution in [2.75, 3.05) is 0 Å². The molecule has 0 fully saturated rings. The van der Waals surface area contributed by atoms with Gasteiger partial charge in [0.15, 0.2) is 12.6 Å². The quantitative estimate of drug-likeness (QED) is 0.637. The standard InChI is InChI=1S/C8H18O.C4H10O3/c1-5-6-7(2)8(3,4)9;1-3(5)7-4(2)6/h7,9H,5-6H2,1-4H3;3-6H,1-2H3. The number of hydrogen-bond acceptors (Lipinski definition) is 4. The summed E-state index contributed by atoms with van der Waals surface area (Å²) in [5.74, 6) is 0.419. The Hall–Kier alpha value is -0.160. The molecule has 0 spiro atoms. The first-order chi connectivity index (χ1) is 7.11. The second-order valence-electron chi connectivity index (χ2n) is 4.68. The van der Waals surface area contributed by atoms with Gasteiger partial charge < -0.3 is 20.1 Å². The van der Waals surface area contributed by atoms with Gasteiger partial charge in [-0.25, -0.2) is 0 Å². The Labute approximate surface area is 99.3 Å². The molecule has 3 unspecified atom stereocenters. The van der Waals surface area contributed by atoms with Crippen molar-refractivity contribution in [3.05, 3.63) is 0 Å². The lowest BCUT2D eigenvalue weighted by molar-refractivity contribution is -0.190. The first kappa shape index (κ1) is 18.2. The summed E-state index contributed by atoms with van der Waals surface area (Å²) in [6.45, 7) is 10.8. The Balaban J connectivity index is 0. The predicted octanol–water partition coefficient (Wildman–Crippen LogP) is 1.87. The summed E-state index contributed by atoms with van der Waals surface area (Å²) < 4.78 is 4.36. The molecule has 0 aromatic rings. The van der Waals surface area contributed by atoms with E-state index in [1.807, 2.05) is 13.8 Å². The average Bonchev–Trinajstić information content (AvgIpc) is 2.00. The van der Waals surface area contributed by atoms with Crippen LogP contribution in [0.25, 0.3) is 0 Å². The molecule has 0 amide bonds. The van der Waals surface area contributed by atoms with Gasteiger partial charge >= 0.3 is 0 Å². The fraction of sp³-hybridized carbons (Fsp3) is 1.00. The maximum absolute atomic E-state index is 9.42. The highest BCUT2D eigenvalue weighted by molar-refractivity contribution is 4.72. The highest BCUT2D eigenvalue weighted by Gasteiger charge is 2.20. The molecule has 0 rings (SSSR count). The third-order valence-corrected chi connectivity index (χ3v) is 2.32. The van der Waals surface area contributed by atoms with Crippen molar-refractivity contribution >= 4 is 0 Å². The Morgan fingerprint density at radius 3 is 1.50 bits per heavy atom. The van der Waals surface area contributed by atoms with Gasteiger partial charge in [0.1, 0.15) is 0 Å². The zero-order valence-corrected chi connectivity index (χ0v) is 11.4. The highest BCUT2D eigenvalue weighted by atomic mass is 16.7. The molecular weight excluding hydrogens is 208 g/mol. The molecule has 0 heterocycles. The van der Waals surface area contributed by atoms with Crippen LogP contribution in [0.4, 0.5) is 0 Å². The molecule has 0 radical (unpaired) electrons. The Bertz CT molecular complexity index is 144. The van der Waals surface area contributed by atoms with Crippen molar-refractivity contribution in [3.8, 4) is 0 Å². The molecule has 3 N–H and O–H groups in total. The number of aliphatic hydroxyl groups is 3. The van der Waals surface area contributed by atoms with Gasteiger partial charge in [-0.15, -0.1) is 0 Å². The SMILES string of the molecule is CC(O)OC(C)O.CCCC(C)C(C)(C)O. The van der Waals surface area contributed by atoms with E-state index in [9.17, 15) is 5.11 Å². The Kier molecular flexibility index (Phi) is 10.2. The van der Waals surface area contributed by atoms with Crippen LogP contribution < -0.4 is 0 Å². The summed E-state index contributed by atoms with van der Waals surface area (Å²) in [6, 6.07) is 0. The summed E-state index contributed by atoms with van der Waals surface area (Å²) in [5.41, 5.74) is -0.490. The van der Waals surface area contributed by atoms with Crippen molar-refractivity contribution in [2.24, 2.45) is 5.92 Å². The van der Waals surface area contributed by atoms with E-state index in [1.54, 1.807) is 0 Å². The fourth-order valence-electron chi connectivity index (χ4n) is 1.07. The van der Waals surface area contributed by atoms with Gasteiger partial charge in [0, 0.05) is 0 Å². The molecule has 0 aliphatic heterocycles. The van der Waals surface area contributed by atoms with E-state index in [0.29, 0.717) is 5.92 Å². The van der Waals surface area contributed by atoms with Crippen LogP contribution in [0.5, 0.6) is 0 Å². The van der Waals surface area contributed by atoms with Crippen LogP contribution in [0.2, 0.25) is 0 Å². The van der Waals surface area contributed by atoms with Crippen LogP contribution in [0, 0.1) is 5.92 Å². The van der Waals surface area contributed by atoms with E-state index in [2.05, 4.69) is 18.6 Å². The molecule has 4 heteroatoms. The summed E-state index contributed by atoms with van der Waals surface area (Å²) in [4.78, 5) is 0. The molecule has 100 valence electrons. The minimum absolute atomic E-state index is 0.419. The summed E-state index contributed by atoms with van der Waals surface area (Å²) in [7, 11) is 0. The molecule has 0 saturated heterocycles. The zero-order chi connectivity index (χ0) is 13.4. The summed E-state index contributed by atoms with van der Waals surface area (Å²) in [5, 5.41) is 26.1. The van der Waals surface area contributed by atoms with E-state index in [-0.39, 0.29) is 0 Å². The van der Waals surface area contributed by atoms with E-state index in [4.69, 9.17) is 10.2 Å². The third kappa shape index (κ3) is 13.8. The molecule has 0 bridgehead atoms. The predicted molar refractivity (Wildman–Crippen MR) is 64.8 cm³/mol. The maximum Gasteiger partial charge on any atom is 0.154 e. The van der Waals surface area contributed by atoms with Crippen molar-refractivity contribution < 1.29 is 20.1 Å². The van der Waals surface area contributed by atoms with Crippen LogP contribution >= 0.6 is 0 Å². The van der Waals surface area contributed by atoms with Gasteiger partial charge in [-0.1, -0.05) is 20.3 Å². The smallest absolute Gasteiger partial charge is 0.154 e. The monoisotopic (exact) mass is 236 g/mol. The summed E-state index contributed by atoms with van der Waals surface area (Å²) in [6.07, 6.45) is 0.522. The van der Waals surface area contributed by atoms with Crippen LogP contribution in [-0.2, 0) is 4.74 Å². The lowest BCUT2D eigenvalue weighted by atomic mass is 9.89. The van der Waals surface area contributed by atoms with E-state index >= 15 is 0 Å². The second kappa shape index (κ2) is 8.93. The minimum Gasteiger partial charge on any atom is -0.390 e. The molecule has 16 heavy (non-hydrogen) atoms. The van der Waals surface area contributed by atoms with Crippen LogP contribution in [0.3, 0.4) is 0 Å². The van der Waals surface area contributed by atoms with Crippen LogP contribution in [0.1, 0.15) is 54.4 Å².